The van der Waals surface area contributed by atoms with Crippen molar-refractivity contribution >= 4 is 0 Å². The summed E-state index contributed by atoms with van der Waals surface area (Å²) in [5.41, 5.74) is 3.03. The van der Waals surface area contributed by atoms with Crippen molar-refractivity contribution in [1.29, 1.82) is 0 Å². The van der Waals surface area contributed by atoms with Crippen LogP contribution in [0.5, 0.6) is 0 Å². The molecule has 0 bridgehead atoms. The highest BCUT2D eigenvalue weighted by atomic mass is 16.3. The maximum Gasteiger partial charge on any atom is 0.137 e. The molecule has 3 fully saturated rings. The van der Waals surface area contributed by atoms with E-state index in [-0.39, 0.29) is 5.92 Å². The van der Waals surface area contributed by atoms with Gasteiger partial charge in [-0.2, -0.15) is 5.10 Å². The lowest BCUT2D eigenvalue weighted by atomic mass is 9.60. The van der Waals surface area contributed by atoms with Crippen LogP contribution >= 0.6 is 0 Å². The first-order valence-electron chi connectivity index (χ1n) is 14.5. The first kappa shape index (κ1) is 28.3. The average Bonchev–Trinajstić information content (AvgIpc) is 3.47. The largest absolute Gasteiger partial charge is 0.392 e. The van der Waals surface area contributed by atoms with E-state index in [1.54, 1.807) is 11.0 Å². The Bertz CT molecular complexity index is 976. The van der Waals surface area contributed by atoms with Gasteiger partial charge in [-0.25, -0.2) is 4.98 Å². The zero-order valence-corrected chi connectivity index (χ0v) is 23.4. The highest BCUT2D eigenvalue weighted by Crippen LogP contribution is 2.60. The molecule has 4 rings (SSSR count). The predicted octanol–water partition coefficient (Wildman–Crippen LogP) is 5.61. The summed E-state index contributed by atoms with van der Waals surface area (Å²) in [5, 5.41) is 36.1. The van der Waals surface area contributed by atoms with Crippen LogP contribution in [0.1, 0.15) is 91.9 Å². The predicted molar refractivity (Wildman–Crippen MR) is 148 cm³/mol. The van der Waals surface area contributed by atoms with E-state index in [4.69, 9.17) is 0 Å². The van der Waals surface area contributed by atoms with E-state index < -0.39 is 17.8 Å². The standard InChI is InChI=1S/C31H49N3O3/c1-21(8-6-15-30(3,4)37)26-12-13-27-23(9-7-16-31(26,27)5)10-11-24-18-28(35)25(29(36)22(24)2)14-17-34-20-32-19-33-34/h10-11,19-21,25-29,35-37H,2,6-9,12-18H2,1,3-5H3/b23-10+,24-11-/t21-,25+,26-,27+,28-,29-,31-/m1/s1. The molecular formula is C31H49N3O3. The topological polar surface area (TPSA) is 91.4 Å². The molecule has 6 heteroatoms. The van der Waals surface area contributed by atoms with Crippen LogP contribution in [0.2, 0.25) is 0 Å². The third-order valence-electron chi connectivity index (χ3n) is 9.93. The Morgan fingerprint density at radius 2 is 2.05 bits per heavy atom. The number of hydrogen-bond acceptors (Lipinski definition) is 5. The van der Waals surface area contributed by atoms with Crippen molar-refractivity contribution in [3.63, 3.8) is 0 Å². The molecule has 0 aliphatic heterocycles. The third-order valence-corrected chi connectivity index (χ3v) is 9.93. The maximum absolute atomic E-state index is 11.0. The number of aliphatic hydroxyl groups excluding tert-OH is 2. The molecule has 1 aromatic rings. The van der Waals surface area contributed by atoms with Gasteiger partial charge in [0.1, 0.15) is 12.7 Å². The zero-order valence-electron chi connectivity index (χ0n) is 23.4. The number of rotatable bonds is 9. The van der Waals surface area contributed by atoms with Gasteiger partial charge >= 0.3 is 0 Å². The molecule has 0 unspecified atom stereocenters. The van der Waals surface area contributed by atoms with Crippen LogP contribution in [0.15, 0.2) is 48.1 Å². The van der Waals surface area contributed by atoms with Gasteiger partial charge in [0, 0.05) is 12.5 Å². The van der Waals surface area contributed by atoms with Gasteiger partial charge in [0.25, 0.3) is 0 Å². The lowest BCUT2D eigenvalue weighted by Crippen LogP contribution is -2.39. The van der Waals surface area contributed by atoms with Gasteiger partial charge in [0.2, 0.25) is 0 Å². The molecule has 1 aromatic heterocycles. The summed E-state index contributed by atoms with van der Waals surface area (Å²) < 4.78 is 1.74. The van der Waals surface area contributed by atoms with Crippen LogP contribution in [-0.4, -0.2) is 47.9 Å². The number of nitrogens with zero attached hydrogens (tertiary/aromatic N) is 3. The van der Waals surface area contributed by atoms with E-state index in [0.29, 0.717) is 36.6 Å². The van der Waals surface area contributed by atoms with Gasteiger partial charge in [0.15, 0.2) is 0 Å². The van der Waals surface area contributed by atoms with Gasteiger partial charge in [-0.3, -0.25) is 4.68 Å². The normalized spacial score (nSPS) is 35.8. The third kappa shape index (κ3) is 6.46. The Hall–Kier alpha value is -1.76. The quantitative estimate of drug-likeness (QED) is 0.401. The smallest absolute Gasteiger partial charge is 0.137 e. The van der Waals surface area contributed by atoms with Gasteiger partial charge in [0.05, 0.1) is 17.8 Å². The Kier molecular flexibility index (Phi) is 8.82. The molecule has 0 radical (unpaired) electrons. The summed E-state index contributed by atoms with van der Waals surface area (Å²) in [5.74, 6) is 1.78. The molecule has 3 aliphatic rings. The number of aliphatic hydroxyl groups is 3. The summed E-state index contributed by atoms with van der Waals surface area (Å²) >= 11 is 0. The van der Waals surface area contributed by atoms with Crippen LogP contribution < -0.4 is 0 Å². The fourth-order valence-corrected chi connectivity index (χ4v) is 7.80. The molecular weight excluding hydrogens is 462 g/mol. The highest BCUT2D eigenvalue weighted by Gasteiger charge is 2.50. The zero-order chi connectivity index (χ0) is 26.8. The minimum Gasteiger partial charge on any atom is -0.392 e. The van der Waals surface area contributed by atoms with E-state index in [1.165, 1.54) is 44.0 Å². The van der Waals surface area contributed by atoms with E-state index in [2.05, 4.69) is 42.7 Å². The Morgan fingerprint density at radius 3 is 2.76 bits per heavy atom. The highest BCUT2D eigenvalue weighted by molar-refractivity contribution is 5.39. The lowest BCUT2D eigenvalue weighted by molar-refractivity contribution is 0.0116. The van der Waals surface area contributed by atoms with Gasteiger partial charge in [-0.1, -0.05) is 51.0 Å². The van der Waals surface area contributed by atoms with E-state index in [0.717, 1.165) is 36.3 Å². The summed E-state index contributed by atoms with van der Waals surface area (Å²) in [6, 6.07) is 0. The number of aromatic nitrogens is 3. The summed E-state index contributed by atoms with van der Waals surface area (Å²) in [4.78, 5) is 3.97. The Labute approximate surface area is 223 Å². The minimum atomic E-state index is -0.742. The Balaban J connectivity index is 1.41. The fourth-order valence-electron chi connectivity index (χ4n) is 7.80. The molecule has 1 heterocycles. The molecule has 6 nitrogen and oxygen atoms in total. The molecule has 0 amide bonds. The molecule has 3 saturated carbocycles. The van der Waals surface area contributed by atoms with Gasteiger partial charge in [-0.15, -0.1) is 0 Å². The molecule has 206 valence electrons. The number of aryl methyl sites for hydroxylation is 1. The van der Waals surface area contributed by atoms with Crippen molar-refractivity contribution in [3.8, 4) is 0 Å². The second kappa shape index (κ2) is 11.5. The second-order valence-electron chi connectivity index (χ2n) is 13.1. The van der Waals surface area contributed by atoms with E-state index in [9.17, 15) is 15.3 Å². The molecule has 3 N–H and O–H groups in total. The molecule has 37 heavy (non-hydrogen) atoms. The minimum absolute atomic E-state index is 0.243. The van der Waals surface area contributed by atoms with E-state index >= 15 is 0 Å². The summed E-state index contributed by atoms with van der Waals surface area (Å²) in [6.45, 7) is 13.6. The van der Waals surface area contributed by atoms with Gasteiger partial charge < -0.3 is 15.3 Å². The van der Waals surface area contributed by atoms with Crippen LogP contribution in [0.25, 0.3) is 0 Å². The van der Waals surface area contributed by atoms with Crippen molar-refractivity contribution in [2.75, 3.05) is 0 Å². The van der Waals surface area contributed by atoms with Gasteiger partial charge in [-0.05, 0) is 99.5 Å². The first-order chi connectivity index (χ1) is 17.5. The van der Waals surface area contributed by atoms with Crippen LogP contribution in [-0.2, 0) is 6.54 Å². The van der Waals surface area contributed by atoms with Crippen LogP contribution in [0.4, 0.5) is 0 Å². The maximum atomic E-state index is 11.0. The van der Waals surface area contributed by atoms with Crippen molar-refractivity contribution in [1.82, 2.24) is 14.8 Å². The van der Waals surface area contributed by atoms with Crippen molar-refractivity contribution in [3.05, 3.63) is 48.1 Å². The van der Waals surface area contributed by atoms with Crippen molar-refractivity contribution in [2.45, 2.75) is 116 Å². The fraction of sp³-hybridized carbons (Fsp3) is 0.742. The molecule has 0 aromatic carbocycles. The number of allylic oxidation sites excluding steroid dienone is 3. The van der Waals surface area contributed by atoms with Crippen LogP contribution in [0.3, 0.4) is 0 Å². The lowest BCUT2D eigenvalue weighted by Gasteiger charge is -2.44. The summed E-state index contributed by atoms with van der Waals surface area (Å²) in [6.07, 6.45) is 16.8. The molecule has 3 aliphatic carbocycles. The molecule has 0 spiro atoms. The molecule has 7 atom stereocenters. The summed E-state index contributed by atoms with van der Waals surface area (Å²) in [7, 11) is 0. The van der Waals surface area contributed by atoms with Crippen molar-refractivity contribution < 1.29 is 15.3 Å². The average molecular weight is 512 g/mol. The number of hydrogen-bond donors (Lipinski definition) is 3. The first-order valence-corrected chi connectivity index (χ1v) is 14.5. The Morgan fingerprint density at radius 1 is 1.27 bits per heavy atom. The van der Waals surface area contributed by atoms with Crippen LogP contribution in [0, 0.1) is 29.1 Å². The SMILES string of the molecule is C=C1/C(=C\C=C2/CCC[C@]3(C)[C@@H]([C@H](C)CCCC(C)(C)O)CC[C@@H]23)C[C@@H](O)[C@H](CCn2cncn2)[C@@H]1O. The number of fused-ring (bicyclic) bond motifs is 1. The van der Waals surface area contributed by atoms with E-state index in [1.807, 2.05) is 13.8 Å². The monoisotopic (exact) mass is 511 g/mol. The van der Waals surface area contributed by atoms with Crippen molar-refractivity contribution in [2.24, 2.45) is 29.1 Å². The molecule has 0 saturated heterocycles. The second-order valence-corrected chi connectivity index (χ2v) is 13.1.